The largest absolute Gasteiger partial charge is 0.322 e. The number of nitrogens with one attached hydrogen (secondary N) is 1. The number of hydrogen-bond donors (Lipinski definition) is 1. The molecule has 2 aromatic rings. The first-order chi connectivity index (χ1) is 9.11. The van der Waals surface area contributed by atoms with Crippen LogP contribution in [0.3, 0.4) is 0 Å². The van der Waals surface area contributed by atoms with Gasteiger partial charge in [0.2, 0.25) is 0 Å². The Balaban J connectivity index is 2.28. The summed E-state index contributed by atoms with van der Waals surface area (Å²) in [5.41, 5.74) is 3.71. The van der Waals surface area contributed by atoms with E-state index in [1.54, 1.807) is 24.3 Å². The summed E-state index contributed by atoms with van der Waals surface area (Å²) in [4.78, 5) is 23.0. The summed E-state index contributed by atoms with van der Waals surface area (Å²) in [6.07, 6.45) is 0.759. The van der Waals surface area contributed by atoms with Gasteiger partial charge in [-0.2, -0.15) is 0 Å². The molecule has 1 N–H and O–H groups in total. The molecule has 3 nitrogen and oxygen atoms in total. The van der Waals surface area contributed by atoms with Gasteiger partial charge in [-0.1, -0.05) is 30.3 Å². The normalized spacial score (nSPS) is 10.0. The molecule has 0 unspecified atom stereocenters. The molecular weight excluding hydrogens is 238 g/mol. The van der Waals surface area contributed by atoms with E-state index in [0.717, 1.165) is 17.4 Å². The Labute approximate surface area is 112 Å². The van der Waals surface area contributed by atoms with E-state index in [4.69, 9.17) is 0 Å². The van der Waals surface area contributed by atoms with Gasteiger partial charge in [0.15, 0.2) is 0 Å². The Kier molecular flexibility index (Phi) is 3.76. The van der Waals surface area contributed by atoms with Crippen molar-refractivity contribution in [1.82, 2.24) is 0 Å². The van der Waals surface area contributed by atoms with E-state index in [1.807, 2.05) is 32.0 Å². The van der Waals surface area contributed by atoms with Crippen LogP contribution in [-0.4, -0.2) is 12.2 Å². The molecule has 0 heterocycles. The first kappa shape index (κ1) is 13.0. The fourth-order valence-corrected chi connectivity index (χ4v) is 2.06. The van der Waals surface area contributed by atoms with E-state index in [9.17, 15) is 9.59 Å². The number of rotatable bonds is 3. The first-order valence-corrected chi connectivity index (χ1v) is 6.04. The van der Waals surface area contributed by atoms with E-state index in [-0.39, 0.29) is 5.91 Å². The maximum absolute atomic E-state index is 12.3. The van der Waals surface area contributed by atoms with Crippen molar-refractivity contribution < 1.29 is 9.59 Å². The van der Waals surface area contributed by atoms with Crippen LogP contribution in [0.1, 0.15) is 31.8 Å². The first-order valence-electron chi connectivity index (χ1n) is 6.04. The standard InChI is InChI=1S/C16H15NO2/c1-11-5-3-6-12(2)15(11)16(19)17-14-8-4-7-13(9-14)10-18/h3-10H,1-2H3,(H,17,19). The molecule has 2 rings (SSSR count). The molecule has 0 atom stereocenters. The molecule has 19 heavy (non-hydrogen) atoms. The number of anilines is 1. The second kappa shape index (κ2) is 5.48. The molecular formula is C16H15NO2. The van der Waals surface area contributed by atoms with Gasteiger partial charge in [-0.3, -0.25) is 9.59 Å². The minimum absolute atomic E-state index is 0.154. The van der Waals surface area contributed by atoms with E-state index in [1.165, 1.54) is 0 Å². The minimum Gasteiger partial charge on any atom is -0.322 e. The smallest absolute Gasteiger partial charge is 0.256 e. The Morgan fingerprint density at radius 3 is 2.32 bits per heavy atom. The third kappa shape index (κ3) is 2.88. The lowest BCUT2D eigenvalue weighted by molar-refractivity contribution is 0.102. The van der Waals surface area contributed by atoms with Crippen molar-refractivity contribution in [3.8, 4) is 0 Å². The van der Waals surface area contributed by atoms with Crippen LogP contribution in [0.4, 0.5) is 5.69 Å². The van der Waals surface area contributed by atoms with Crippen LogP contribution in [0.15, 0.2) is 42.5 Å². The maximum Gasteiger partial charge on any atom is 0.256 e. The topological polar surface area (TPSA) is 46.2 Å². The summed E-state index contributed by atoms with van der Waals surface area (Å²) >= 11 is 0. The minimum atomic E-state index is -0.154. The summed E-state index contributed by atoms with van der Waals surface area (Å²) in [5.74, 6) is -0.154. The number of hydrogen-bond acceptors (Lipinski definition) is 2. The van der Waals surface area contributed by atoms with Crippen LogP contribution in [0.5, 0.6) is 0 Å². The van der Waals surface area contributed by atoms with E-state index < -0.39 is 0 Å². The van der Waals surface area contributed by atoms with Crippen molar-refractivity contribution in [3.63, 3.8) is 0 Å². The molecule has 0 aliphatic heterocycles. The van der Waals surface area contributed by atoms with Crippen molar-refractivity contribution in [3.05, 3.63) is 64.7 Å². The number of aryl methyl sites for hydroxylation is 2. The molecule has 0 spiro atoms. The number of carbonyl (C=O) groups excluding carboxylic acids is 2. The van der Waals surface area contributed by atoms with Gasteiger partial charge in [0.05, 0.1) is 0 Å². The van der Waals surface area contributed by atoms with Gasteiger partial charge in [0.1, 0.15) is 6.29 Å². The summed E-state index contributed by atoms with van der Waals surface area (Å²) in [5, 5.41) is 2.82. The Hall–Kier alpha value is -2.42. The lowest BCUT2D eigenvalue weighted by Gasteiger charge is -2.10. The zero-order valence-corrected chi connectivity index (χ0v) is 10.9. The molecule has 2 aromatic carbocycles. The number of benzene rings is 2. The molecule has 0 saturated heterocycles. The van der Waals surface area contributed by atoms with E-state index >= 15 is 0 Å². The second-order valence-electron chi connectivity index (χ2n) is 4.46. The Morgan fingerprint density at radius 2 is 1.68 bits per heavy atom. The molecule has 3 heteroatoms. The van der Waals surface area contributed by atoms with Crippen LogP contribution in [0.25, 0.3) is 0 Å². The zero-order chi connectivity index (χ0) is 13.8. The van der Waals surface area contributed by atoms with Gasteiger partial charge in [0, 0.05) is 16.8 Å². The molecule has 0 aromatic heterocycles. The highest BCUT2D eigenvalue weighted by Crippen LogP contribution is 2.16. The van der Waals surface area contributed by atoms with Crippen LogP contribution >= 0.6 is 0 Å². The third-order valence-electron chi connectivity index (χ3n) is 2.99. The van der Waals surface area contributed by atoms with Crippen LogP contribution < -0.4 is 5.32 Å². The van der Waals surface area contributed by atoms with E-state index in [0.29, 0.717) is 16.8 Å². The molecule has 0 radical (unpaired) electrons. The summed E-state index contributed by atoms with van der Waals surface area (Å²) in [6.45, 7) is 3.81. The number of aldehydes is 1. The molecule has 0 bridgehead atoms. The van der Waals surface area contributed by atoms with Crippen molar-refractivity contribution in [1.29, 1.82) is 0 Å². The predicted molar refractivity (Wildman–Crippen MR) is 75.7 cm³/mol. The van der Waals surface area contributed by atoms with Crippen LogP contribution in [-0.2, 0) is 0 Å². The molecule has 0 aliphatic carbocycles. The molecule has 0 fully saturated rings. The van der Waals surface area contributed by atoms with Crippen molar-refractivity contribution in [2.75, 3.05) is 5.32 Å². The highest BCUT2D eigenvalue weighted by atomic mass is 16.1. The fraction of sp³-hybridized carbons (Fsp3) is 0.125. The van der Waals surface area contributed by atoms with E-state index in [2.05, 4.69) is 5.32 Å². The van der Waals surface area contributed by atoms with Crippen molar-refractivity contribution in [2.45, 2.75) is 13.8 Å². The zero-order valence-electron chi connectivity index (χ0n) is 10.9. The van der Waals surface area contributed by atoms with Gasteiger partial charge >= 0.3 is 0 Å². The average Bonchev–Trinajstić information content (AvgIpc) is 2.38. The Bertz CT molecular complexity index is 612. The summed E-state index contributed by atoms with van der Waals surface area (Å²) in [6, 6.07) is 12.6. The van der Waals surface area contributed by atoms with Gasteiger partial charge in [-0.15, -0.1) is 0 Å². The maximum atomic E-state index is 12.3. The molecule has 1 amide bonds. The quantitative estimate of drug-likeness (QED) is 0.852. The number of amides is 1. The average molecular weight is 253 g/mol. The second-order valence-corrected chi connectivity index (χ2v) is 4.46. The Morgan fingerprint density at radius 1 is 1.05 bits per heavy atom. The summed E-state index contributed by atoms with van der Waals surface area (Å²) < 4.78 is 0. The van der Waals surface area contributed by atoms with Crippen molar-refractivity contribution >= 4 is 17.9 Å². The molecule has 96 valence electrons. The van der Waals surface area contributed by atoms with Crippen molar-refractivity contribution in [2.24, 2.45) is 0 Å². The monoisotopic (exact) mass is 253 g/mol. The highest BCUT2D eigenvalue weighted by Gasteiger charge is 2.11. The lowest BCUT2D eigenvalue weighted by atomic mass is 10.0. The molecule has 0 aliphatic rings. The van der Waals surface area contributed by atoms with Crippen LogP contribution in [0.2, 0.25) is 0 Å². The van der Waals surface area contributed by atoms with Gasteiger partial charge < -0.3 is 5.32 Å². The van der Waals surface area contributed by atoms with Gasteiger partial charge in [0.25, 0.3) is 5.91 Å². The predicted octanol–water partition coefficient (Wildman–Crippen LogP) is 3.37. The number of carbonyl (C=O) groups is 2. The summed E-state index contributed by atoms with van der Waals surface area (Å²) in [7, 11) is 0. The fourth-order valence-electron chi connectivity index (χ4n) is 2.06. The third-order valence-corrected chi connectivity index (χ3v) is 2.99. The van der Waals surface area contributed by atoms with Gasteiger partial charge in [-0.05, 0) is 37.1 Å². The van der Waals surface area contributed by atoms with Crippen LogP contribution in [0, 0.1) is 13.8 Å². The highest BCUT2D eigenvalue weighted by molar-refractivity contribution is 6.06. The molecule has 0 saturated carbocycles. The van der Waals surface area contributed by atoms with Gasteiger partial charge in [-0.25, -0.2) is 0 Å². The lowest BCUT2D eigenvalue weighted by Crippen LogP contribution is -2.15. The SMILES string of the molecule is Cc1cccc(C)c1C(=O)Nc1cccc(C=O)c1.